The van der Waals surface area contributed by atoms with Gasteiger partial charge in [-0.2, -0.15) is 0 Å². The summed E-state index contributed by atoms with van der Waals surface area (Å²) in [4.78, 5) is 12.6. The van der Waals surface area contributed by atoms with Gasteiger partial charge < -0.3 is 19.5 Å². The van der Waals surface area contributed by atoms with Crippen LogP contribution in [0.3, 0.4) is 0 Å². The summed E-state index contributed by atoms with van der Waals surface area (Å²) in [6.07, 6.45) is 0. The first-order valence-electron chi connectivity index (χ1n) is 9.44. The summed E-state index contributed by atoms with van der Waals surface area (Å²) in [6, 6.07) is 21.4. The number of halogens is 2. The maximum absolute atomic E-state index is 12.6. The molecule has 154 valence electrons. The fourth-order valence-corrected chi connectivity index (χ4v) is 3.79. The molecular formula is C24H15Cl2NO4. The number of hydrogen-bond donors (Lipinski definition) is 1. The summed E-state index contributed by atoms with van der Waals surface area (Å²) < 4.78 is 16.6. The quantitative estimate of drug-likeness (QED) is 0.365. The molecule has 0 atom stereocenters. The van der Waals surface area contributed by atoms with Crippen molar-refractivity contribution in [1.29, 1.82) is 0 Å². The lowest BCUT2D eigenvalue weighted by Crippen LogP contribution is -2.11. The van der Waals surface area contributed by atoms with E-state index in [1.165, 1.54) is 0 Å². The molecule has 4 aromatic rings. The Morgan fingerprint density at radius 2 is 1.58 bits per heavy atom. The molecule has 31 heavy (non-hydrogen) atoms. The lowest BCUT2D eigenvalue weighted by Gasteiger charge is -2.13. The molecule has 0 fully saturated rings. The number of anilines is 1. The molecule has 0 radical (unpaired) electrons. The van der Waals surface area contributed by atoms with Crippen molar-refractivity contribution in [2.45, 2.75) is 0 Å². The fraction of sp³-hybridized carbons (Fsp3) is 0.0417. The van der Waals surface area contributed by atoms with Gasteiger partial charge in [0.1, 0.15) is 11.5 Å². The molecule has 0 saturated carbocycles. The van der Waals surface area contributed by atoms with Gasteiger partial charge in [0.15, 0.2) is 11.5 Å². The number of ether oxygens (including phenoxy) is 3. The molecule has 1 heterocycles. The van der Waals surface area contributed by atoms with Gasteiger partial charge in [0, 0.05) is 27.0 Å². The highest BCUT2D eigenvalue weighted by atomic mass is 35.5. The SMILES string of the molecule is O=C(Nc1ccc(Oc2ccc(Cl)c3ccccc23)c(Cl)c1)c1ccc2c(c1)OCO2. The molecule has 4 aromatic carbocycles. The van der Waals surface area contributed by atoms with Crippen molar-refractivity contribution in [2.24, 2.45) is 0 Å². The Morgan fingerprint density at radius 1 is 0.806 bits per heavy atom. The van der Waals surface area contributed by atoms with Crippen LogP contribution >= 0.6 is 23.2 Å². The Bertz CT molecular complexity index is 1320. The van der Waals surface area contributed by atoms with Crippen LogP contribution < -0.4 is 19.5 Å². The van der Waals surface area contributed by atoms with Gasteiger partial charge >= 0.3 is 0 Å². The largest absolute Gasteiger partial charge is 0.455 e. The Morgan fingerprint density at radius 3 is 2.42 bits per heavy atom. The first-order valence-corrected chi connectivity index (χ1v) is 10.2. The van der Waals surface area contributed by atoms with E-state index in [4.69, 9.17) is 37.4 Å². The first-order chi connectivity index (χ1) is 15.1. The van der Waals surface area contributed by atoms with E-state index >= 15 is 0 Å². The van der Waals surface area contributed by atoms with Crippen LogP contribution in [0.2, 0.25) is 10.0 Å². The number of rotatable bonds is 4. The van der Waals surface area contributed by atoms with E-state index in [2.05, 4.69) is 5.32 Å². The van der Waals surface area contributed by atoms with Crippen molar-refractivity contribution < 1.29 is 19.0 Å². The van der Waals surface area contributed by atoms with Gasteiger partial charge in [-0.1, -0.05) is 47.5 Å². The van der Waals surface area contributed by atoms with Crippen LogP contribution in [0.1, 0.15) is 10.4 Å². The van der Waals surface area contributed by atoms with E-state index in [9.17, 15) is 4.79 Å². The van der Waals surface area contributed by atoms with Crippen LogP contribution in [-0.4, -0.2) is 12.7 Å². The highest BCUT2D eigenvalue weighted by Gasteiger charge is 2.17. The van der Waals surface area contributed by atoms with Crippen molar-refractivity contribution in [2.75, 3.05) is 12.1 Å². The van der Waals surface area contributed by atoms with Crippen molar-refractivity contribution in [3.8, 4) is 23.0 Å². The molecule has 0 saturated heterocycles. The standard InChI is InChI=1S/C24H15Cl2NO4/c25-18-7-10-20(17-4-2-1-3-16(17)18)31-21-9-6-15(12-19(21)26)27-24(28)14-5-8-22-23(11-14)30-13-29-22/h1-12H,13H2,(H,27,28). The fourth-order valence-electron chi connectivity index (χ4n) is 3.34. The van der Waals surface area contributed by atoms with Gasteiger partial charge in [-0.05, 0) is 48.5 Å². The Hall–Kier alpha value is -3.41. The van der Waals surface area contributed by atoms with E-state index in [0.717, 1.165) is 10.8 Å². The minimum absolute atomic E-state index is 0.153. The molecule has 0 spiro atoms. The smallest absolute Gasteiger partial charge is 0.255 e. The molecular weight excluding hydrogens is 437 g/mol. The van der Waals surface area contributed by atoms with Crippen molar-refractivity contribution >= 4 is 45.6 Å². The second kappa shape index (κ2) is 8.02. The van der Waals surface area contributed by atoms with Gasteiger partial charge in [-0.25, -0.2) is 0 Å². The van der Waals surface area contributed by atoms with Crippen LogP contribution in [0.25, 0.3) is 10.8 Å². The second-order valence-electron chi connectivity index (χ2n) is 6.86. The molecule has 1 amide bonds. The summed E-state index contributed by atoms with van der Waals surface area (Å²) >= 11 is 12.7. The molecule has 0 bridgehead atoms. The van der Waals surface area contributed by atoms with Crippen molar-refractivity contribution in [3.63, 3.8) is 0 Å². The molecule has 5 nitrogen and oxygen atoms in total. The minimum atomic E-state index is -0.285. The van der Waals surface area contributed by atoms with Gasteiger partial charge in [-0.15, -0.1) is 0 Å². The lowest BCUT2D eigenvalue weighted by atomic mass is 10.1. The molecule has 1 aliphatic rings. The van der Waals surface area contributed by atoms with E-state index in [1.807, 2.05) is 24.3 Å². The highest BCUT2D eigenvalue weighted by Crippen LogP contribution is 2.37. The highest BCUT2D eigenvalue weighted by molar-refractivity contribution is 6.35. The Balaban J connectivity index is 1.36. The monoisotopic (exact) mass is 451 g/mol. The predicted octanol–water partition coefficient (Wildman–Crippen LogP) is 6.92. The van der Waals surface area contributed by atoms with Gasteiger partial charge in [0.25, 0.3) is 5.91 Å². The molecule has 7 heteroatoms. The van der Waals surface area contributed by atoms with Crippen LogP contribution in [0.5, 0.6) is 23.0 Å². The van der Waals surface area contributed by atoms with Gasteiger partial charge in [0.05, 0.1) is 5.02 Å². The maximum Gasteiger partial charge on any atom is 0.255 e. The third-order valence-corrected chi connectivity index (χ3v) is 5.50. The predicted molar refractivity (Wildman–Crippen MR) is 121 cm³/mol. The van der Waals surface area contributed by atoms with Crippen LogP contribution in [0, 0.1) is 0 Å². The third kappa shape index (κ3) is 3.85. The average Bonchev–Trinajstić information content (AvgIpc) is 3.25. The number of benzene rings is 4. The topological polar surface area (TPSA) is 56.8 Å². The lowest BCUT2D eigenvalue weighted by molar-refractivity contribution is 0.102. The normalized spacial score (nSPS) is 12.1. The van der Waals surface area contributed by atoms with E-state index < -0.39 is 0 Å². The number of carbonyl (C=O) groups excluding carboxylic acids is 1. The van der Waals surface area contributed by atoms with Crippen molar-refractivity contribution in [1.82, 2.24) is 0 Å². The molecule has 1 N–H and O–H groups in total. The molecule has 0 aromatic heterocycles. The summed E-state index contributed by atoms with van der Waals surface area (Å²) in [5.41, 5.74) is 0.995. The van der Waals surface area contributed by atoms with Crippen LogP contribution in [0.4, 0.5) is 5.69 Å². The number of fused-ring (bicyclic) bond motifs is 2. The molecule has 5 rings (SSSR count). The average molecular weight is 452 g/mol. The molecule has 0 unspecified atom stereocenters. The van der Waals surface area contributed by atoms with Gasteiger partial charge in [0.2, 0.25) is 6.79 Å². The second-order valence-corrected chi connectivity index (χ2v) is 7.67. The van der Waals surface area contributed by atoms with E-state index in [-0.39, 0.29) is 12.7 Å². The van der Waals surface area contributed by atoms with E-state index in [1.54, 1.807) is 48.5 Å². The maximum atomic E-state index is 12.6. The summed E-state index contributed by atoms with van der Waals surface area (Å²) in [6.45, 7) is 0.153. The van der Waals surface area contributed by atoms with E-state index in [0.29, 0.717) is 44.3 Å². The zero-order valence-electron chi connectivity index (χ0n) is 16.0. The minimum Gasteiger partial charge on any atom is -0.455 e. The van der Waals surface area contributed by atoms with Gasteiger partial charge in [-0.3, -0.25) is 4.79 Å². The number of hydrogen-bond acceptors (Lipinski definition) is 4. The first kappa shape index (κ1) is 19.5. The van der Waals surface area contributed by atoms with Crippen molar-refractivity contribution in [3.05, 3.63) is 88.4 Å². The zero-order valence-corrected chi connectivity index (χ0v) is 17.5. The van der Waals surface area contributed by atoms with Crippen LogP contribution in [-0.2, 0) is 0 Å². The third-order valence-electron chi connectivity index (χ3n) is 4.88. The summed E-state index contributed by atoms with van der Waals surface area (Å²) in [7, 11) is 0. The number of amides is 1. The Kier molecular flexibility index (Phi) is 5.06. The summed E-state index contributed by atoms with van der Waals surface area (Å²) in [5.74, 6) is 1.99. The Labute approximate surface area is 188 Å². The van der Waals surface area contributed by atoms with Crippen LogP contribution in [0.15, 0.2) is 72.8 Å². The molecule has 0 aliphatic carbocycles. The number of carbonyl (C=O) groups is 1. The summed E-state index contributed by atoms with van der Waals surface area (Å²) in [5, 5.41) is 5.61. The zero-order chi connectivity index (χ0) is 21.4. The molecule has 1 aliphatic heterocycles. The number of nitrogens with one attached hydrogen (secondary N) is 1.